The maximum absolute atomic E-state index is 6.01. The lowest BCUT2D eigenvalue weighted by Crippen LogP contribution is -2.17. The van der Waals surface area contributed by atoms with Crippen LogP contribution in [0.5, 0.6) is 0 Å². The molecule has 0 radical (unpaired) electrons. The fourth-order valence-corrected chi connectivity index (χ4v) is 3.21. The van der Waals surface area contributed by atoms with E-state index in [2.05, 4.69) is 36.2 Å². The number of fused-ring (bicyclic) bond motifs is 1. The maximum atomic E-state index is 6.01. The summed E-state index contributed by atoms with van der Waals surface area (Å²) in [4.78, 5) is 13.4. The fourth-order valence-electron chi connectivity index (χ4n) is 2.87. The Morgan fingerprint density at radius 2 is 2.12 bits per heavy atom. The van der Waals surface area contributed by atoms with Crippen molar-refractivity contribution in [3.63, 3.8) is 0 Å². The molecule has 1 aromatic carbocycles. The molecule has 1 aliphatic rings. The quantitative estimate of drug-likeness (QED) is 0.525. The molecule has 2 aromatic heterocycles. The molecule has 0 saturated carbocycles. The van der Waals surface area contributed by atoms with Crippen LogP contribution in [0.2, 0.25) is 0 Å². The standard InChI is InChI=1S/C16H17BrN6O/c17-16-21-14(20-11-6-2-1-5-10(11)18)13-15(22-16)23(9-19-13)12-7-3-4-8-24-12/h1-2,5-6,9,12H,3-4,7-8,18H2,(H,20,21,22). The van der Waals surface area contributed by atoms with Crippen molar-refractivity contribution in [2.45, 2.75) is 25.5 Å². The number of rotatable bonds is 3. The predicted octanol–water partition coefficient (Wildman–Crippen LogP) is 3.61. The lowest BCUT2D eigenvalue weighted by Gasteiger charge is -2.23. The number of nitrogens with one attached hydrogen (secondary N) is 1. The van der Waals surface area contributed by atoms with Crippen molar-refractivity contribution in [3.05, 3.63) is 35.3 Å². The van der Waals surface area contributed by atoms with Gasteiger partial charge in [-0.1, -0.05) is 12.1 Å². The number of hydrogen-bond donors (Lipinski definition) is 2. The van der Waals surface area contributed by atoms with Crippen LogP contribution in [-0.4, -0.2) is 26.1 Å². The Morgan fingerprint density at radius 1 is 1.25 bits per heavy atom. The van der Waals surface area contributed by atoms with Crippen LogP contribution in [0.25, 0.3) is 11.2 Å². The second kappa shape index (κ2) is 6.37. The summed E-state index contributed by atoms with van der Waals surface area (Å²) >= 11 is 3.38. The van der Waals surface area contributed by atoms with Crippen LogP contribution in [0.4, 0.5) is 17.2 Å². The average molecular weight is 389 g/mol. The molecular formula is C16H17BrN6O. The normalized spacial score (nSPS) is 18.0. The summed E-state index contributed by atoms with van der Waals surface area (Å²) in [7, 11) is 0. The first kappa shape index (κ1) is 15.3. The van der Waals surface area contributed by atoms with Gasteiger partial charge in [0, 0.05) is 6.61 Å². The van der Waals surface area contributed by atoms with Crippen molar-refractivity contribution in [2.75, 3.05) is 17.7 Å². The van der Waals surface area contributed by atoms with E-state index in [9.17, 15) is 0 Å². The van der Waals surface area contributed by atoms with Crippen LogP contribution in [0.1, 0.15) is 25.5 Å². The summed E-state index contributed by atoms with van der Waals surface area (Å²) in [5, 5.41) is 3.25. The van der Waals surface area contributed by atoms with Crippen LogP contribution in [0.3, 0.4) is 0 Å². The second-order valence-electron chi connectivity index (χ2n) is 5.70. The van der Waals surface area contributed by atoms with Crippen molar-refractivity contribution >= 4 is 44.3 Å². The largest absolute Gasteiger partial charge is 0.397 e. The lowest BCUT2D eigenvalue weighted by atomic mass is 10.2. The molecule has 24 heavy (non-hydrogen) atoms. The molecule has 0 spiro atoms. The van der Waals surface area contributed by atoms with Gasteiger partial charge in [-0.2, -0.15) is 0 Å². The van der Waals surface area contributed by atoms with Gasteiger partial charge in [0.15, 0.2) is 17.0 Å². The number of halogens is 1. The number of nitrogens with zero attached hydrogens (tertiary/aromatic N) is 4. The first-order valence-electron chi connectivity index (χ1n) is 7.85. The Balaban J connectivity index is 1.76. The van der Waals surface area contributed by atoms with Gasteiger partial charge in [0.2, 0.25) is 4.73 Å². The molecule has 0 aliphatic carbocycles. The van der Waals surface area contributed by atoms with E-state index < -0.39 is 0 Å². The van der Waals surface area contributed by atoms with Crippen molar-refractivity contribution < 1.29 is 4.74 Å². The zero-order valence-electron chi connectivity index (χ0n) is 12.9. The third-order valence-corrected chi connectivity index (χ3v) is 4.43. The van der Waals surface area contributed by atoms with E-state index in [0.717, 1.165) is 37.2 Å². The summed E-state index contributed by atoms with van der Waals surface area (Å²) in [6.45, 7) is 0.766. The number of hydrogen-bond acceptors (Lipinski definition) is 6. The number of ether oxygens (including phenoxy) is 1. The summed E-state index contributed by atoms with van der Waals surface area (Å²) in [5.41, 5.74) is 8.87. The number of nitrogen functional groups attached to an aromatic ring is 1. The van der Waals surface area contributed by atoms with Gasteiger partial charge in [-0.15, -0.1) is 0 Å². The van der Waals surface area contributed by atoms with Crippen LogP contribution in [-0.2, 0) is 4.74 Å². The topological polar surface area (TPSA) is 90.9 Å². The van der Waals surface area contributed by atoms with Gasteiger partial charge in [-0.3, -0.25) is 4.57 Å². The third-order valence-electron chi connectivity index (χ3n) is 4.07. The van der Waals surface area contributed by atoms with E-state index in [1.807, 2.05) is 28.8 Å². The lowest BCUT2D eigenvalue weighted by molar-refractivity contribution is -0.0298. The highest BCUT2D eigenvalue weighted by Gasteiger charge is 2.21. The molecule has 7 nitrogen and oxygen atoms in total. The molecule has 1 unspecified atom stereocenters. The highest BCUT2D eigenvalue weighted by Crippen LogP contribution is 2.30. The molecule has 124 valence electrons. The molecule has 8 heteroatoms. The fraction of sp³-hybridized carbons (Fsp3) is 0.312. The highest BCUT2D eigenvalue weighted by molar-refractivity contribution is 9.10. The Hall–Kier alpha value is -2.19. The van der Waals surface area contributed by atoms with Crippen LogP contribution < -0.4 is 11.1 Å². The van der Waals surface area contributed by atoms with Gasteiger partial charge < -0.3 is 15.8 Å². The second-order valence-corrected chi connectivity index (χ2v) is 6.41. The molecule has 1 saturated heterocycles. The number of imidazole rings is 1. The van der Waals surface area contributed by atoms with Gasteiger partial charge in [-0.05, 0) is 47.3 Å². The van der Waals surface area contributed by atoms with Gasteiger partial charge in [-0.25, -0.2) is 15.0 Å². The average Bonchev–Trinajstić information content (AvgIpc) is 3.01. The monoisotopic (exact) mass is 388 g/mol. The summed E-state index contributed by atoms with van der Waals surface area (Å²) in [6, 6.07) is 7.55. The van der Waals surface area contributed by atoms with Crippen molar-refractivity contribution in [3.8, 4) is 0 Å². The molecule has 1 aliphatic heterocycles. The molecule has 0 bridgehead atoms. The molecule has 1 atom stereocenters. The smallest absolute Gasteiger partial charge is 0.200 e. The highest BCUT2D eigenvalue weighted by atomic mass is 79.9. The van der Waals surface area contributed by atoms with E-state index in [1.165, 1.54) is 0 Å². The Labute approximate surface area is 147 Å². The van der Waals surface area contributed by atoms with Crippen molar-refractivity contribution in [1.82, 2.24) is 19.5 Å². The predicted molar refractivity (Wildman–Crippen MR) is 96.0 cm³/mol. The number of nitrogens with two attached hydrogens (primary N) is 1. The number of aromatic nitrogens is 4. The SMILES string of the molecule is Nc1ccccc1Nc1nc(Br)nc2c1ncn2C1CCCCO1. The summed E-state index contributed by atoms with van der Waals surface area (Å²) in [5.74, 6) is 0.610. The van der Waals surface area contributed by atoms with Crippen LogP contribution in [0, 0.1) is 0 Å². The first-order chi connectivity index (χ1) is 11.7. The van der Waals surface area contributed by atoms with E-state index in [1.54, 1.807) is 6.33 Å². The molecule has 3 aromatic rings. The van der Waals surface area contributed by atoms with Crippen molar-refractivity contribution in [2.24, 2.45) is 0 Å². The summed E-state index contributed by atoms with van der Waals surface area (Å²) < 4.78 is 8.32. The van der Waals surface area contributed by atoms with Gasteiger partial charge in [0.05, 0.1) is 17.7 Å². The van der Waals surface area contributed by atoms with Gasteiger partial charge in [0.1, 0.15) is 6.23 Å². The Kier molecular flexibility index (Phi) is 4.07. The minimum atomic E-state index is -0.0276. The molecule has 1 fully saturated rings. The zero-order valence-corrected chi connectivity index (χ0v) is 14.5. The Morgan fingerprint density at radius 3 is 2.92 bits per heavy atom. The molecular weight excluding hydrogens is 372 g/mol. The maximum Gasteiger partial charge on any atom is 0.200 e. The summed E-state index contributed by atoms with van der Waals surface area (Å²) in [6.07, 6.45) is 4.94. The molecule has 3 heterocycles. The van der Waals surface area contributed by atoms with E-state index in [0.29, 0.717) is 21.8 Å². The van der Waals surface area contributed by atoms with E-state index in [-0.39, 0.29) is 6.23 Å². The van der Waals surface area contributed by atoms with E-state index >= 15 is 0 Å². The minimum Gasteiger partial charge on any atom is -0.397 e. The van der Waals surface area contributed by atoms with Gasteiger partial charge >= 0.3 is 0 Å². The van der Waals surface area contributed by atoms with E-state index in [4.69, 9.17) is 10.5 Å². The third kappa shape index (κ3) is 2.83. The zero-order chi connectivity index (χ0) is 16.5. The number of benzene rings is 1. The van der Waals surface area contributed by atoms with Gasteiger partial charge in [0.25, 0.3) is 0 Å². The molecule has 4 rings (SSSR count). The van der Waals surface area contributed by atoms with Crippen LogP contribution >= 0.6 is 15.9 Å². The number of anilines is 3. The molecule has 0 amide bonds. The van der Waals surface area contributed by atoms with Crippen molar-refractivity contribution in [1.29, 1.82) is 0 Å². The molecule has 3 N–H and O–H groups in total. The number of para-hydroxylation sites is 2. The first-order valence-corrected chi connectivity index (χ1v) is 8.65. The minimum absolute atomic E-state index is 0.0276. The Bertz CT molecular complexity index is 874. The van der Waals surface area contributed by atoms with Crippen LogP contribution in [0.15, 0.2) is 35.3 Å².